The maximum atomic E-state index is 11.9. The Morgan fingerprint density at radius 2 is 2.12 bits per heavy atom. The number of nitrogens with two attached hydrogens (primary N) is 1. The van der Waals surface area contributed by atoms with Gasteiger partial charge in [0.15, 0.2) is 12.4 Å². The number of carbonyl (C=O) groups excluding carboxylic acids is 1. The molecule has 2 aromatic heterocycles. The number of H-pyrrole nitrogens is 1. The molecule has 1 aromatic carbocycles. The number of hydrogen-bond donors (Lipinski definition) is 3. The molecule has 0 amide bonds. The van der Waals surface area contributed by atoms with Crippen LogP contribution in [-0.4, -0.2) is 33.0 Å². The van der Waals surface area contributed by atoms with E-state index in [2.05, 4.69) is 25.3 Å². The summed E-state index contributed by atoms with van der Waals surface area (Å²) in [5, 5.41) is 3.40. The molecule has 0 aliphatic heterocycles. The number of aromatic nitrogens is 4. The standard InChI is InChI=1S/C16H15ClN6O3/c1-25-12-5-3-2-4-10(12)20-16-22-13(21-15(18)23-16)8-26-14(24)11-6-9(17)7-19-11/h2-7,19H,8H2,1H3,(H3,18,20,21,22,23). The first-order valence-electron chi connectivity index (χ1n) is 7.46. The van der Waals surface area contributed by atoms with Crippen LogP contribution in [0.1, 0.15) is 16.3 Å². The van der Waals surface area contributed by atoms with E-state index in [9.17, 15) is 4.79 Å². The molecule has 26 heavy (non-hydrogen) atoms. The summed E-state index contributed by atoms with van der Waals surface area (Å²) in [5.74, 6) is 0.418. The summed E-state index contributed by atoms with van der Waals surface area (Å²) in [7, 11) is 1.56. The third-order valence-electron chi connectivity index (χ3n) is 3.25. The number of nitrogens with one attached hydrogen (secondary N) is 2. The summed E-state index contributed by atoms with van der Waals surface area (Å²) in [4.78, 5) is 26.8. The highest BCUT2D eigenvalue weighted by Crippen LogP contribution is 2.25. The fourth-order valence-corrected chi connectivity index (χ4v) is 2.28. The number of nitrogens with zero attached hydrogens (tertiary/aromatic N) is 3. The molecule has 4 N–H and O–H groups in total. The monoisotopic (exact) mass is 374 g/mol. The van der Waals surface area contributed by atoms with Crippen molar-refractivity contribution in [1.82, 2.24) is 19.9 Å². The average Bonchev–Trinajstić information content (AvgIpc) is 3.06. The van der Waals surface area contributed by atoms with Crippen molar-refractivity contribution in [3.8, 4) is 5.75 Å². The van der Waals surface area contributed by atoms with Gasteiger partial charge in [-0.1, -0.05) is 23.7 Å². The smallest absolute Gasteiger partial charge is 0.355 e. The highest BCUT2D eigenvalue weighted by Gasteiger charge is 2.13. The molecule has 3 rings (SSSR count). The molecule has 0 unspecified atom stereocenters. The Kier molecular flexibility index (Phi) is 5.18. The van der Waals surface area contributed by atoms with Gasteiger partial charge in [-0.2, -0.15) is 15.0 Å². The lowest BCUT2D eigenvalue weighted by atomic mass is 10.3. The number of halogens is 1. The minimum atomic E-state index is -0.588. The molecule has 0 bridgehead atoms. The number of esters is 1. The van der Waals surface area contributed by atoms with Crippen molar-refractivity contribution in [1.29, 1.82) is 0 Å². The summed E-state index contributed by atoms with van der Waals surface area (Å²) in [6.07, 6.45) is 1.48. The van der Waals surface area contributed by atoms with Gasteiger partial charge in [0.25, 0.3) is 0 Å². The van der Waals surface area contributed by atoms with Gasteiger partial charge in [-0.15, -0.1) is 0 Å². The summed E-state index contributed by atoms with van der Waals surface area (Å²) < 4.78 is 10.4. The van der Waals surface area contributed by atoms with Crippen molar-refractivity contribution in [3.63, 3.8) is 0 Å². The third kappa shape index (κ3) is 4.19. The Balaban J connectivity index is 1.72. The van der Waals surface area contributed by atoms with E-state index in [0.29, 0.717) is 16.5 Å². The first kappa shape index (κ1) is 17.5. The van der Waals surface area contributed by atoms with E-state index in [4.69, 9.17) is 26.8 Å². The lowest BCUT2D eigenvalue weighted by Crippen LogP contribution is -2.11. The van der Waals surface area contributed by atoms with E-state index in [-0.39, 0.29) is 30.0 Å². The van der Waals surface area contributed by atoms with Gasteiger partial charge in [-0.3, -0.25) is 0 Å². The van der Waals surface area contributed by atoms with Gasteiger partial charge in [0.1, 0.15) is 11.4 Å². The fourth-order valence-electron chi connectivity index (χ4n) is 2.12. The van der Waals surface area contributed by atoms with Gasteiger partial charge >= 0.3 is 5.97 Å². The molecule has 10 heteroatoms. The van der Waals surface area contributed by atoms with Crippen LogP contribution >= 0.6 is 11.6 Å². The van der Waals surface area contributed by atoms with Crippen LogP contribution in [0.4, 0.5) is 17.6 Å². The first-order valence-corrected chi connectivity index (χ1v) is 7.84. The SMILES string of the molecule is COc1ccccc1Nc1nc(N)nc(COC(=O)c2cc(Cl)c[nH]2)n1. The van der Waals surface area contributed by atoms with Crippen LogP contribution in [0, 0.1) is 0 Å². The molecular formula is C16H15ClN6O3. The van der Waals surface area contributed by atoms with Gasteiger partial charge in [0.05, 0.1) is 17.8 Å². The van der Waals surface area contributed by atoms with Crippen LogP contribution in [-0.2, 0) is 11.3 Å². The number of nitrogen functional groups attached to an aromatic ring is 1. The highest BCUT2D eigenvalue weighted by atomic mass is 35.5. The van der Waals surface area contributed by atoms with Crippen molar-refractivity contribution in [2.75, 3.05) is 18.2 Å². The van der Waals surface area contributed by atoms with E-state index in [1.54, 1.807) is 19.2 Å². The Morgan fingerprint density at radius 1 is 1.31 bits per heavy atom. The summed E-state index contributed by atoms with van der Waals surface area (Å²) >= 11 is 5.76. The van der Waals surface area contributed by atoms with E-state index in [1.807, 2.05) is 12.1 Å². The molecule has 0 aliphatic rings. The quantitative estimate of drug-likeness (QED) is 0.561. The first-order chi connectivity index (χ1) is 12.5. The number of rotatable bonds is 6. The largest absolute Gasteiger partial charge is 0.495 e. The number of methoxy groups -OCH3 is 1. The molecule has 0 saturated carbocycles. The van der Waals surface area contributed by atoms with Gasteiger partial charge < -0.3 is 25.5 Å². The zero-order valence-electron chi connectivity index (χ0n) is 13.7. The number of anilines is 3. The van der Waals surface area contributed by atoms with E-state index < -0.39 is 5.97 Å². The van der Waals surface area contributed by atoms with Gasteiger partial charge in [-0.05, 0) is 18.2 Å². The Bertz CT molecular complexity index is 930. The van der Waals surface area contributed by atoms with E-state index in [0.717, 1.165) is 0 Å². The predicted molar refractivity (Wildman–Crippen MR) is 95.4 cm³/mol. The second kappa shape index (κ2) is 7.70. The predicted octanol–water partition coefficient (Wildman–Crippen LogP) is 2.54. The van der Waals surface area contributed by atoms with Crippen LogP contribution in [0.3, 0.4) is 0 Å². The van der Waals surface area contributed by atoms with E-state index in [1.165, 1.54) is 12.3 Å². The lowest BCUT2D eigenvalue weighted by Gasteiger charge is -2.10. The second-order valence-electron chi connectivity index (χ2n) is 5.07. The Morgan fingerprint density at radius 3 is 2.85 bits per heavy atom. The van der Waals surface area contributed by atoms with Gasteiger partial charge in [0, 0.05) is 6.20 Å². The number of para-hydroxylation sites is 2. The van der Waals surface area contributed by atoms with Crippen molar-refractivity contribution in [2.24, 2.45) is 0 Å². The average molecular weight is 375 g/mol. The molecule has 9 nitrogen and oxygen atoms in total. The molecule has 2 heterocycles. The molecule has 3 aromatic rings. The van der Waals surface area contributed by atoms with Crippen LogP contribution in [0.25, 0.3) is 0 Å². The normalized spacial score (nSPS) is 10.4. The zero-order chi connectivity index (χ0) is 18.5. The zero-order valence-corrected chi connectivity index (χ0v) is 14.4. The van der Waals surface area contributed by atoms with Crippen LogP contribution in [0.2, 0.25) is 5.02 Å². The summed E-state index contributed by atoms with van der Waals surface area (Å²) in [5.41, 5.74) is 6.59. The summed E-state index contributed by atoms with van der Waals surface area (Å²) in [6.45, 7) is -0.178. The molecule has 134 valence electrons. The third-order valence-corrected chi connectivity index (χ3v) is 3.47. The maximum absolute atomic E-state index is 11.9. The lowest BCUT2D eigenvalue weighted by molar-refractivity contribution is 0.0456. The molecular weight excluding hydrogens is 360 g/mol. The van der Waals surface area contributed by atoms with E-state index >= 15 is 0 Å². The highest BCUT2D eigenvalue weighted by molar-refractivity contribution is 6.30. The minimum Gasteiger partial charge on any atom is -0.495 e. The summed E-state index contributed by atoms with van der Waals surface area (Å²) in [6, 6.07) is 8.72. The van der Waals surface area contributed by atoms with Crippen molar-refractivity contribution in [3.05, 3.63) is 53.1 Å². The molecule has 0 saturated heterocycles. The molecule has 0 radical (unpaired) electrons. The van der Waals surface area contributed by atoms with Crippen molar-refractivity contribution in [2.45, 2.75) is 6.61 Å². The van der Waals surface area contributed by atoms with Crippen molar-refractivity contribution >= 4 is 35.2 Å². The second-order valence-corrected chi connectivity index (χ2v) is 5.50. The number of carbonyl (C=O) groups is 1. The van der Waals surface area contributed by atoms with Crippen LogP contribution in [0.5, 0.6) is 5.75 Å². The molecule has 0 spiro atoms. The molecule has 0 fully saturated rings. The van der Waals surface area contributed by atoms with Crippen molar-refractivity contribution < 1.29 is 14.3 Å². The minimum absolute atomic E-state index is 0.00800. The number of ether oxygens (including phenoxy) is 2. The Hall–Kier alpha value is -3.33. The van der Waals surface area contributed by atoms with Crippen LogP contribution < -0.4 is 15.8 Å². The van der Waals surface area contributed by atoms with Gasteiger partial charge in [-0.25, -0.2) is 4.79 Å². The number of hydrogen-bond acceptors (Lipinski definition) is 8. The van der Waals surface area contributed by atoms with Gasteiger partial charge in [0.2, 0.25) is 11.9 Å². The maximum Gasteiger partial charge on any atom is 0.355 e. The topological polar surface area (TPSA) is 128 Å². The number of aromatic amines is 1. The molecule has 0 aliphatic carbocycles. The van der Waals surface area contributed by atoms with Crippen LogP contribution in [0.15, 0.2) is 36.5 Å². The molecule has 0 atom stereocenters. The fraction of sp³-hybridized carbons (Fsp3) is 0.125. The number of benzene rings is 1. The Labute approximate surface area is 153 Å².